The maximum absolute atomic E-state index is 14.4. The molecule has 0 aromatic heterocycles. The number of hydrogen-bond donors (Lipinski definition) is 1. The van der Waals surface area contributed by atoms with Gasteiger partial charge < -0.3 is 10.2 Å². The van der Waals surface area contributed by atoms with Crippen LogP contribution in [-0.4, -0.2) is 44.8 Å². The number of hydrogen-bond acceptors (Lipinski definition) is 4. The Kier molecular flexibility index (Phi) is 10.5. The van der Waals surface area contributed by atoms with Gasteiger partial charge in [0.05, 0.1) is 10.6 Å². The van der Waals surface area contributed by atoms with E-state index in [-0.39, 0.29) is 17.9 Å². The number of amides is 2. The van der Waals surface area contributed by atoms with Crippen LogP contribution in [0.4, 0.5) is 5.69 Å². The van der Waals surface area contributed by atoms with Gasteiger partial charge in [-0.2, -0.15) is 0 Å². The van der Waals surface area contributed by atoms with Crippen molar-refractivity contribution in [2.45, 2.75) is 37.8 Å². The molecule has 10 heteroatoms. The summed E-state index contributed by atoms with van der Waals surface area (Å²) < 4.78 is 29.2. The molecule has 4 aromatic carbocycles. The Balaban J connectivity index is 1.82. The number of anilines is 1. The first kappa shape index (κ1) is 32.1. The smallest absolute Gasteiger partial charge is 0.264 e. The average molecular weight is 639 g/mol. The van der Waals surface area contributed by atoms with E-state index in [0.717, 1.165) is 21.0 Å². The first-order valence-corrected chi connectivity index (χ1v) is 15.8. The van der Waals surface area contributed by atoms with E-state index in [9.17, 15) is 18.0 Å². The number of sulfonamides is 1. The fourth-order valence-electron chi connectivity index (χ4n) is 4.90. The highest BCUT2D eigenvalue weighted by molar-refractivity contribution is 7.92. The number of rotatable bonds is 11. The summed E-state index contributed by atoms with van der Waals surface area (Å²) in [4.78, 5) is 29.2. The molecule has 224 valence electrons. The Labute approximate surface area is 263 Å². The molecule has 1 unspecified atom stereocenters. The third-order valence-electron chi connectivity index (χ3n) is 6.98. The van der Waals surface area contributed by atoms with Crippen LogP contribution >= 0.6 is 23.2 Å². The summed E-state index contributed by atoms with van der Waals surface area (Å²) >= 11 is 12.6. The third kappa shape index (κ3) is 7.96. The van der Waals surface area contributed by atoms with Crippen LogP contribution in [-0.2, 0) is 32.6 Å². The van der Waals surface area contributed by atoms with Crippen molar-refractivity contribution in [1.29, 1.82) is 0 Å². The van der Waals surface area contributed by atoms with Crippen molar-refractivity contribution in [3.8, 4) is 0 Å². The van der Waals surface area contributed by atoms with E-state index >= 15 is 0 Å². The summed E-state index contributed by atoms with van der Waals surface area (Å²) in [6.45, 7) is 3.13. The molecule has 0 saturated carbocycles. The molecule has 43 heavy (non-hydrogen) atoms. The van der Waals surface area contributed by atoms with Crippen LogP contribution in [0.3, 0.4) is 0 Å². The van der Waals surface area contributed by atoms with E-state index in [1.54, 1.807) is 48.5 Å². The van der Waals surface area contributed by atoms with Gasteiger partial charge in [-0.15, -0.1) is 0 Å². The Morgan fingerprint density at radius 2 is 1.44 bits per heavy atom. The van der Waals surface area contributed by atoms with E-state index in [1.165, 1.54) is 24.1 Å². The molecule has 7 nitrogen and oxygen atoms in total. The molecule has 1 N–H and O–H groups in total. The Bertz CT molecular complexity index is 1680. The monoisotopic (exact) mass is 637 g/mol. The van der Waals surface area contributed by atoms with Gasteiger partial charge >= 0.3 is 0 Å². The van der Waals surface area contributed by atoms with Crippen molar-refractivity contribution in [2.24, 2.45) is 0 Å². The molecule has 0 aliphatic rings. The minimum atomic E-state index is -4.17. The van der Waals surface area contributed by atoms with Crippen molar-refractivity contribution in [2.75, 3.05) is 17.9 Å². The molecule has 1 atom stereocenters. The number of aryl methyl sites for hydroxylation is 2. The van der Waals surface area contributed by atoms with Crippen molar-refractivity contribution >= 4 is 50.7 Å². The Morgan fingerprint density at radius 3 is 2.02 bits per heavy atom. The number of carbonyl (C=O) groups is 2. The van der Waals surface area contributed by atoms with E-state index in [0.29, 0.717) is 21.3 Å². The average Bonchev–Trinajstić information content (AvgIpc) is 2.98. The molecule has 2 amide bonds. The molecule has 0 aliphatic carbocycles. The summed E-state index contributed by atoms with van der Waals surface area (Å²) in [7, 11) is -2.67. The van der Waals surface area contributed by atoms with Gasteiger partial charge in [0.2, 0.25) is 11.8 Å². The van der Waals surface area contributed by atoms with Gasteiger partial charge in [-0.1, -0.05) is 83.9 Å². The third-order valence-corrected chi connectivity index (χ3v) is 9.35. The molecular formula is C33H33Cl2N3O4S. The second-order valence-electron chi connectivity index (χ2n) is 10.2. The minimum Gasteiger partial charge on any atom is -0.357 e. The topological polar surface area (TPSA) is 86.8 Å². The highest BCUT2D eigenvalue weighted by atomic mass is 35.5. The first-order chi connectivity index (χ1) is 20.5. The van der Waals surface area contributed by atoms with Gasteiger partial charge in [0.1, 0.15) is 12.6 Å². The number of carbonyl (C=O) groups excluding carboxylic acids is 2. The summed E-state index contributed by atoms with van der Waals surface area (Å²) in [5, 5.41) is 3.42. The number of likely N-dealkylation sites (N-methyl/N-ethyl adjacent to an activating group) is 1. The van der Waals surface area contributed by atoms with E-state index in [4.69, 9.17) is 23.2 Å². The van der Waals surface area contributed by atoms with Crippen molar-refractivity contribution in [3.05, 3.63) is 129 Å². The van der Waals surface area contributed by atoms with Crippen LogP contribution < -0.4 is 9.62 Å². The van der Waals surface area contributed by atoms with Crippen molar-refractivity contribution < 1.29 is 18.0 Å². The largest absolute Gasteiger partial charge is 0.357 e. The second-order valence-corrected chi connectivity index (χ2v) is 13.0. The standard InChI is InChI=1S/C33H33Cl2N3O4S/c1-23-16-24(2)18-28(17-23)38(43(41,42)29-12-8-5-9-13-29)22-32(39)37(21-26-14-15-27(34)20-30(26)35)31(33(40)36-3)19-25-10-6-4-7-11-25/h4-18,20,31H,19,21-22H2,1-3H3,(H,36,40). The molecule has 4 rings (SSSR count). The highest BCUT2D eigenvalue weighted by Gasteiger charge is 2.34. The maximum atomic E-state index is 14.4. The van der Waals surface area contributed by atoms with Gasteiger partial charge in [-0.05, 0) is 72.5 Å². The van der Waals surface area contributed by atoms with Crippen LogP contribution in [0.25, 0.3) is 0 Å². The lowest BCUT2D eigenvalue weighted by molar-refractivity contribution is -0.139. The fourth-order valence-corrected chi connectivity index (χ4v) is 6.78. The first-order valence-electron chi connectivity index (χ1n) is 13.6. The van der Waals surface area contributed by atoms with Gasteiger partial charge in [-0.25, -0.2) is 8.42 Å². The fraction of sp³-hybridized carbons (Fsp3) is 0.212. The molecule has 0 spiro atoms. The molecule has 0 saturated heterocycles. The number of halogens is 2. The minimum absolute atomic E-state index is 0.0430. The molecule has 0 aliphatic heterocycles. The van der Waals surface area contributed by atoms with E-state index < -0.39 is 34.4 Å². The van der Waals surface area contributed by atoms with Crippen LogP contribution in [0.2, 0.25) is 10.0 Å². The van der Waals surface area contributed by atoms with Gasteiger partial charge in [0.15, 0.2) is 0 Å². The van der Waals surface area contributed by atoms with Gasteiger partial charge in [0.25, 0.3) is 10.0 Å². The zero-order valence-corrected chi connectivity index (χ0v) is 26.5. The Morgan fingerprint density at radius 1 is 0.837 bits per heavy atom. The molecule has 4 aromatic rings. The van der Waals surface area contributed by atoms with Crippen LogP contribution in [0.5, 0.6) is 0 Å². The van der Waals surface area contributed by atoms with Crippen molar-refractivity contribution in [1.82, 2.24) is 10.2 Å². The second kappa shape index (κ2) is 14.1. The molecular weight excluding hydrogens is 605 g/mol. The van der Waals surface area contributed by atoms with Crippen LogP contribution in [0, 0.1) is 13.8 Å². The molecule has 0 heterocycles. The van der Waals surface area contributed by atoms with E-state index in [1.807, 2.05) is 50.2 Å². The zero-order chi connectivity index (χ0) is 31.1. The number of nitrogens with zero attached hydrogens (tertiary/aromatic N) is 2. The lowest BCUT2D eigenvalue weighted by Gasteiger charge is -2.34. The summed E-state index contributed by atoms with van der Waals surface area (Å²) in [5.41, 5.74) is 3.42. The van der Waals surface area contributed by atoms with Crippen molar-refractivity contribution in [3.63, 3.8) is 0 Å². The van der Waals surface area contributed by atoms with Gasteiger partial charge in [0, 0.05) is 30.1 Å². The number of benzene rings is 4. The van der Waals surface area contributed by atoms with Crippen LogP contribution in [0.15, 0.2) is 102 Å². The molecule has 0 radical (unpaired) electrons. The van der Waals surface area contributed by atoms with Gasteiger partial charge in [-0.3, -0.25) is 13.9 Å². The SMILES string of the molecule is CNC(=O)C(Cc1ccccc1)N(Cc1ccc(Cl)cc1Cl)C(=O)CN(c1cc(C)cc(C)c1)S(=O)(=O)c1ccccc1. The number of nitrogens with one attached hydrogen (secondary N) is 1. The molecule has 0 bridgehead atoms. The zero-order valence-electron chi connectivity index (χ0n) is 24.1. The quantitative estimate of drug-likeness (QED) is 0.212. The summed E-state index contributed by atoms with van der Waals surface area (Å²) in [5.74, 6) is -0.972. The predicted octanol–water partition coefficient (Wildman–Crippen LogP) is 6.19. The van der Waals surface area contributed by atoms with Crippen LogP contribution in [0.1, 0.15) is 22.3 Å². The summed E-state index contributed by atoms with van der Waals surface area (Å²) in [6.07, 6.45) is 0.201. The maximum Gasteiger partial charge on any atom is 0.264 e. The van der Waals surface area contributed by atoms with E-state index in [2.05, 4.69) is 5.32 Å². The lowest BCUT2D eigenvalue weighted by Crippen LogP contribution is -2.53. The lowest BCUT2D eigenvalue weighted by atomic mass is 10.0. The summed E-state index contributed by atoms with van der Waals surface area (Å²) in [6, 6.07) is 26.6. The predicted molar refractivity (Wildman–Crippen MR) is 172 cm³/mol. The highest BCUT2D eigenvalue weighted by Crippen LogP contribution is 2.28. The molecule has 0 fully saturated rings. The Hall–Kier alpha value is -3.85. The normalized spacial score (nSPS) is 11.9.